The summed E-state index contributed by atoms with van der Waals surface area (Å²) in [7, 11) is 6.97. The van der Waals surface area contributed by atoms with E-state index in [0.717, 1.165) is 0 Å². The third-order valence-electron chi connectivity index (χ3n) is 0. The van der Waals surface area contributed by atoms with Crippen LogP contribution in [-0.4, -0.2) is 7.98 Å². The Balaban J connectivity index is 0. The molecule has 0 aliphatic carbocycles. The van der Waals surface area contributed by atoms with E-state index in [-0.39, 0.29) is 32.7 Å². The molecule has 0 unspecified atom stereocenters. The maximum Gasteiger partial charge on any atom is 0.265 e. The van der Waals surface area contributed by atoms with E-state index in [4.69, 9.17) is 0 Å². The van der Waals surface area contributed by atoms with Crippen molar-refractivity contribution in [3.63, 3.8) is 0 Å². The Bertz CT molecular complexity index is 15.5. The van der Waals surface area contributed by atoms with Crippen molar-refractivity contribution in [2.45, 2.75) is 0 Å². The minimum absolute atomic E-state index is 0. The summed E-state index contributed by atoms with van der Waals surface area (Å²) in [6.07, 6.45) is 0. The molecule has 0 fully saturated rings. The van der Waals surface area contributed by atoms with Gasteiger partial charge in [-0.05, 0) is 9.03 Å². The molecule has 0 amide bonds. The van der Waals surface area contributed by atoms with Gasteiger partial charge in [0.1, 0.15) is 0 Å². The SMILES string of the molecule is [B]N=P.[Y]. The van der Waals surface area contributed by atoms with E-state index in [1.54, 1.807) is 0 Å². The quantitative estimate of drug-likeness (QED) is 0.346. The van der Waals surface area contributed by atoms with Crippen LogP contribution in [0.2, 0.25) is 0 Å². The van der Waals surface area contributed by atoms with Gasteiger partial charge in [-0.1, -0.05) is 0 Å². The molecular weight excluding hydrogens is 145 g/mol. The van der Waals surface area contributed by atoms with Crippen LogP contribution in [0.5, 0.6) is 0 Å². The zero-order valence-electron chi connectivity index (χ0n) is 2.10. The molecule has 0 aromatic rings. The summed E-state index contributed by atoms with van der Waals surface area (Å²) in [5.74, 6) is 0. The molecular formula is HBNPY. The molecule has 0 aromatic carbocycles. The van der Waals surface area contributed by atoms with Crippen molar-refractivity contribution >= 4 is 17.0 Å². The van der Waals surface area contributed by atoms with Crippen LogP contribution in [0.1, 0.15) is 0 Å². The first-order valence-electron chi connectivity index (χ1n) is 0.482. The van der Waals surface area contributed by atoms with Gasteiger partial charge >= 0.3 is 0 Å². The van der Waals surface area contributed by atoms with Crippen molar-refractivity contribution in [2.24, 2.45) is 4.66 Å². The average Bonchev–Trinajstić information content (AvgIpc) is 0.918. The third kappa shape index (κ3) is 10.5. The number of rotatable bonds is 0. The van der Waals surface area contributed by atoms with Gasteiger partial charge in [0.25, 0.3) is 7.98 Å². The van der Waals surface area contributed by atoms with Crippen molar-refractivity contribution in [3.05, 3.63) is 0 Å². The predicted molar refractivity (Wildman–Crippen MR) is 16.5 cm³/mol. The Kier molecular flexibility index (Phi) is 19.9. The van der Waals surface area contributed by atoms with Gasteiger partial charge in [0.15, 0.2) is 0 Å². The second-order valence-electron chi connectivity index (χ2n) is 0.129. The molecule has 0 rings (SSSR count). The van der Waals surface area contributed by atoms with Gasteiger partial charge < -0.3 is 4.66 Å². The number of nitrogens with zero attached hydrogens (tertiary/aromatic N) is 1. The van der Waals surface area contributed by atoms with Crippen molar-refractivity contribution in [2.75, 3.05) is 0 Å². The van der Waals surface area contributed by atoms with Gasteiger partial charge in [-0.3, -0.25) is 0 Å². The van der Waals surface area contributed by atoms with E-state index in [1.165, 1.54) is 0 Å². The summed E-state index contributed by atoms with van der Waals surface area (Å²) in [4.78, 5) is 0. The van der Waals surface area contributed by atoms with E-state index in [1.807, 2.05) is 0 Å². The molecule has 0 aromatic heterocycles. The molecule has 0 aliphatic heterocycles. The van der Waals surface area contributed by atoms with Gasteiger partial charge in [-0.2, -0.15) is 0 Å². The molecule has 0 atom stereocenters. The van der Waals surface area contributed by atoms with Crippen molar-refractivity contribution in [1.29, 1.82) is 0 Å². The molecule has 0 bridgehead atoms. The Morgan fingerprint density at radius 2 is 1.75 bits per heavy atom. The summed E-state index contributed by atoms with van der Waals surface area (Å²) in [5.41, 5.74) is 0. The molecule has 4 heavy (non-hydrogen) atoms. The van der Waals surface area contributed by atoms with Crippen LogP contribution in [-0.2, 0) is 32.7 Å². The van der Waals surface area contributed by atoms with Crippen LogP contribution in [0.25, 0.3) is 0 Å². The summed E-state index contributed by atoms with van der Waals surface area (Å²) in [6, 6.07) is 0. The Hall–Kier alpha value is 1.27. The van der Waals surface area contributed by atoms with Gasteiger partial charge in [0.05, 0.1) is 0 Å². The van der Waals surface area contributed by atoms with E-state index in [2.05, 4.69) is 21.7 Å². The molecule has 0 heterocycles. The second kappa shape index (κ2) is 8.86. The van der Waals surface area contributed by atoms with E-state index in [0.29, 0.717) is 0 Å². The summed E-state index contributed by atoms with van der Waals surface area (Å²) in [5, 5.41) is 0. The van der Waals surface area contributed by atoms with Crippen LogP contribution in [0.4, 0.5) is 0 Å². The van der Waals surface area contributed by atoms with E-state index in [9.17, 15) is 0 Å². The van der Waals surface area contributed by atoms with Gasteiger partial charge in [0, 0.05) is 32.7 Å². The maximum absolute atomic E-state index is 4.39. The van der Waals surface area contributed by atoms with Crippen molar-refractivity contribution in [3.8, 4) is 0 Å². The van der Waals surface area contributed by atoms with Gasteiger partial charge in [0.2, 0.25) is 0 Å². The molecule has 4 heteroatoms. The first-order chi connectivity index (χ1) is 1.41. The number of hydrogen-bond donors (Lipinski definition) is 0. The fraction of sp³-hybridized carbons (Fsp3) is 0. The van der Waals surface area contributed by atoms with Gasteiger partial charge in [-0.25, -0.2) is 0 Å². The fourth-order valence-electron chi connectivity index (χ4n) is 0. The maximum atomic E-state index is 4.39. The molecule has 17 valence electrons. The Labute approximate surface area is 54.2 Å². The van der Waals surface area contributed by atoms with Crippen molar-refractivity contribution < 1.29 is 32.7 Å². The average molecular weight is 146 g/mol. The summed E-state index contributed by atoms with van der Waals surface area (Å²) < 4.78 is 2.81. The van der Waals surface area contributed by atoms with Crippen LogP contribution < -0.4 is 0 Å². The minimum atomic E-state index is 0. The first-order valence-corrected chi connectivity index (χ1v) is 0.929. The molecule has 1 nitrogen and oxygen atoms in total. The van der Waals surface area contributed by atoms with Gasteiger partial charge in [-0.15, -0.1) is 0 Å². The molecule has 0 spiro atoms. The Morgan fingerprint density at radius 1 is 1.75 bits per heavy atom. The topological polar surface area (TPSA) is 12.4 Å². The minimum Gasteiger partial charge on any atom is -0.344 e. The number of hydrogen-bond acceptors (Lipinski definition) is 1. The summed E-state index contributed by atoms with van der Waals surface area (Å²) in [6.45, 7) is 0. The predicted octanol–water partition coefficient (Wildman–Crippen LogP) is 0.394. The fourth-order valence-corrected chi connectivity index (χ4v) is 0. The zero-order valence-corrected chi connectivity index (χ0v) is 5.94. The van der Waals surface area contributed by atoms with Crippen LogP contribution in [0.3, 0.4) is 0 Å². The largest absolute Gasteiger partial charge is 0.344 e. The van der Waals surface area contributed by atoms with Crippen LogP contribution in [0.15, 0.2) is 4.66 Å². The first kappa shape index (κ1) is 8.99. The third-order valence-corrected chi connectivity index (χ3v) is 0. The molecule has 3 radical (unpaired) electrons. The molecule has 0 saturated carbocycles. The van der Waals surface area contributed by atoms with E-state index < -0.39 is 0 Å². The Morgan fingerprint density at radius 3 is 1.75 bits per heavy atom. The smallest absolute Gasteiger partial charge is 0.265 e. The second-order valence-corrected chi connectivity index (χ2v) is 0.387. The van der Waals surface area contributed by atoms with E-state index >= 15 is 0 Å². The zero-order chi connectivity index (χ0) is 2.71. The molecule has 0 saturated heterocycles. The molecule has 0 N–H and O–H groups in total. The standard InChI is InChI=1S/BHNP.Y/c1-2-3;/h3H;. The van der Waals surface area contributed by atoms with Crippen LogP contribution >= 0.6 is 9.03 Å². The van der Waals surface area contributed by atoms with Crippen molar-refractivity contribution in [1.82, 2.24) is 0 Å². The molecule has 0 aliphatic rings. The normalized spacial score (nSPS) is 3.00. The monoisotopic (exact) mass is 146 g/mol. The summed E-state index contributed by atoms with van der Waals surface area (Å²) >= 11 is 0. The van der Waals surface area contributed by atoms with Crippen LogP contribution in [0, 0.1) is 0 Å².